The first-order valence-corrected chi connectivity index (χ1v) is 8.52. The highest BCUT2D eigenvalue weighted by molar-refractivity contribution is 6.07. The molecule has 3 rings (SSSR count). The van der Waals surface area contributed by atoms with Crippen LogP contribution in [0.2, 0.25) is 0 Å². The molecular weight excluding hydrogens is 314 g/mol. The van der Waals surface area contributed by atoms with Crippen LogP contribution in [-0.2, 0) is 15.0 Å². The first kappa shape index (κ1) is 17.1. The van der Waals surface area contributed by atoms with Crippen LogP contribution in [-0.4, -0.2) is 23.3 Å². The van der Waals surface area contributed by atoms with Crippen LogP contribution < -0.4 is 10.2 Å². The summed E-state index contributed by atoms with van der Waals surface area (Å²) in [6.45, 7) is 6.18. The number of carbonyl (C=O) groups excluding carboxylic acids is 2. The molecule has 2 aromatic rings. The topological polar surface area (TPSA) is 62.3 Å². The molecule has 5 heteroatoms. The first-order valence-electron chi connectivity index (χ1n) is 8.52. The van der Waals surface area contributed by atoms with Gasteiger partial charge in [-0.15, -0.1) is 0 Å². The summed E-state index contributed by atoms with van der Waals surface area (Å²) in [4.78, 5) is 30.7. The average molecular weight is 337 g/mol. The Morgan fingerprint density at radius 1 is 1.20 bits per heavy atom. The van der Waals surface area contributed by atoms with Crippen molar-refractivity contribution in [2.24, 2.45) is 0 Å². The Labute approximate surface area is 148 Å². The number of hydrogen-bond donors (Lipinski definition) is 1. The van der Waals surface area contributed by atoms with Crippen LogP contribution in [0.1, 0.15) is 44.4 Å². The molecule has 130 valence electrons. The number of nitrogens with zero attached hydrogens (tertiary/aromatic N) is 2. The Morgan fingerprint density at radius 3 is 2.60 bits per heavy atom. The molecule has 0 aliphatic carbocycles. The number of anilines is 1. The number of para-hydroxylation sites is 1. The molecule has 0 fully saturated rings. The largest absolute Gasteiger partial charge is 0.350 e. The number of aromatic nitrogens is 1. The monoisotopic (exact) mass is 337 g/mol. The first-order chi connectivity index (χ1) is 11.9. The summed E-state index contributed by atoms with van der Waals surface area (Å²) in [5.74, 6) is -0.0250. The lowest BCUT2D eigenvalue weighted by Gasteiger charge is -2.21. The maximum atomic E-state index is 12.7. The van der Waals surface area contributed by atoms with Crippen molar-refractivity contribution in [3.8, 4) is 0 Å². The molecule has 1 N–H and O–H groups in total. The zero-order valence-electron chi connectivity index (χ0n) is 14.8. The highest BCUT2D eigenvalue weighted by Crippen LogP contribution is 2.41. The molecule has 1 aliphatic rings. The minimum absolute atomic E-state index is 0.0451. The van der Waals surface area contributed by atoms with E-state index < -0.39 is 5.41 Å². The van der Waals surface area contributed by atoms with Crippen molar-refractivity contribution in [1.29, 1.82) is 0 Å². The predicted octanol–water partition coefficient (Wildman–Crippen LogP) is 2.97. The maximum absolute atomic E-state index is 12.7. The van der Waals surface area contributed by atoms with Gasteiger partial charge < -0.3 is 10.2 Å². The van der Waals surface area contributed by atoms with E-state index in [0.29, 0.717) is 6.54 Å². The molecule has 0 unspecified atom stereocenters. The lowest BCUT2D eigenvalue weighted by atomic mass is 9.86. The van der Waals surface area contributed by atoms with E-state index in [4.69, 9.17) is 0 Å². The molecule has 0 spiro atoms. The Balaban J connectivity index is 1.64. The predicted molar refractivity (Wildman–Crippen MR) is 97.2 cm³/mol. The van der Waals surface area contributed by atoms with Gasteiger partial charge in [0.1, 0.15) is 0 Å². The van der Waals surface area contributed by atoms with Gasteiger partial charge in [0, 0.05) is 31.0 Å². The van der Waals surface area contributed by atoms with Gasteiger partial charge >= 0.3 is 0 Å². The van der Waals surface area contributed by atoms with Crippen LogP contribution in [0.5, 0.6) is 0 Å². The quantitative estimate of drug-likeness (QED) is 0.912. The summed E-state index contributed by atoms with van der Waals surface area (Å²) in [6.07, 6.45) is 3.69. The van der Waals surface area contributed by atoms with Crippen LogP contribution in [0.15, 0.2) is 48.8 Å². The maximum Gasteiger partial charge on any atom is 0.237 e. The third-order valence-corrected chi connectivity index (χ3v) is 4.79. The van der Waals surface area contributed by atoms with E-state index in [9.17, 15) is 9.59 Å². The fraction of sp³-hybridized carbons (Fsp3) is 0.350. The van der Waals surface area contributed by atoms with Gasteiger partial charge in [0.15, 0.2) is 0 Å². The second kappa shape index (κ2) is 6.67. The Bertz CT molecular complexity index is 787. The van der Waals surface area contributed by atoms with Crippen molar-refractivity contribution in [3.63, 3.8) is 0 Å². The molecule has 0 bridgehead atoms. The van der Waals surface area contributed by atoms with E-state index >= 15 is 0 Å². The summed E-state index contributed by atoms with van der Waals surface area (Å²) >= 11 is 0. The van der Waals surface area contributed by atoms with Crippen LogP contribution in [0.3, 0.4) is 0 Å². The van der Waals surface area contributed by atoms with E-state index in [1.54, 1.807) is 17.3 Å². The van der Waals surface area contributed by atoms with Crippen molar-refractivity contribution in [2.75, 3.05) is 11.4 Å². The molecule has 1 aromatic heterocycles. The smallest absolute Gasteiger partial charge is 0.237 e. The minimum Gasteiger partial charge on any atom is -0.350 e. The zero-order chi connectivity index (χ0) is 18.0. The normalized spacial score (nSPS) is 16.4. The number of fused-ring (bicyclic) bond motifs is 1. The van der Waals surface area contributed by atoms with Crippen LogP contribution in [0, 0.1) is 0 Å². The van der Waals surface area contributed by atoms with E-state index in [1.165, 1.54) is 0 Å². The van der Waals surface area contributed by atoms with Gasteiger partial charge in [-0.25, -0.2) is 0 Å². The van der Waals surface area contributed by atoms with Crippen molar-refractivity contribution in [3.05, 3.63) is 59.9 Å². The molecule has 2 amide bonds. The van der Waals surface area contributed by atoms with Gasteiger partial charge in [-0.1, -0.05) is 18.2 Å². The van der Waals surface area contributed by atoms with Gasteiger partial charge in [0.2, 0.25) is 11.8 Å². The Hall–Kier alpha value is -2.69. The number of hydrogen-bond acceptors (Lipinski definition) is 3. The molecule has 25 heavy (non-hydrogen) atoms. The average Bonchev–Trinajstić information content (AvgIpc) is 2.81. The second-order valence-corrected chi connectivity index (χ2v) is 6.92. The van der Waals surface area contributed by atoms with Crippen LogP contribution in [0.25, 0.3) is 0 Å². The highest BCUT2D eigenvalue weighted by Gasteiger charge is 2.43. The van der Waals surface area contributed by atoms with Crippen molar-refractivity contribution >= 4 is 17.5 Å². The number of nitrogens with one attached hydrogen (secondary N) is 1. The molecule has 0 saturated carbocycles. The summed E-state index contributed by atoms with van der Waals surface area (Å²) in [7, 11) is 0. The van der Waals surface area contributed by atoms with Gasteiger partial charge in [-0.05, 0) is 50.1 Å². The molecule has 2 heterocycles. The summed E-state index contributed by atoms with van der Waals surface area (Å²) in [6, 6.07) is 11.5. The van der Waals surface area contributed by atoms with E-state index in [0.717, 1.165) is 16.8 Å². The molecule has 1 aliphatic heterocycles. The summed E-state index contributed by atoms with van der Waals surface area (Å²) in [5, 5.41) is 2.97. The van der Waals surface area contributed by atoms with E-state index in [1.807, 2.05) is 57.2 Å². The van der Waals surface area contributed by atoms with E-state index in [-0.39, 0.29) is 24.3 Å². The van der Waals surface area contributed by atoms with Crippen LogP contribution >= 0.6 is 0 Å². The van der Waals surface area contributed by atoms with Crippen molar-refractivity contribution in [1.82, 2.24) is 10.3 Å². The van der Waals surface area contributed by atoms with Gasteiger partial charge in [0.05, 0.1) is 11.5 Å². The second-order valence-electron chi connectivity index (χ2n) is 6.92. The fourth-order valence-corrected chi connectivity index (χ4v) is 3.28. The Kier molecular flexibility index (Phi) is 4.57. The Morgan fingerprint density at radius 2 is 1.88 bits per heavy atom. The van der Waals surface area contributed by atoms with Crippen molar-refractivity contribution < 1.29 is 9.59 Å². The SMILES string of the molecule is C[C@H](NC(=O)CCN1C(=O)C(C)(C)c2ccccc21)c1ccncc1. The lowest BCUT2D eigenvalue weighted by Crippen LogP contribution is -2.38. The third-order valence-electron chi connectivity index (χ3n) is 4.79. The number of benzene rings is 1. The standard InChI is InChI=1S/C20H23N3O2/c1-14(15-8-11-21-12-9-15)22-18(24)10-13-23-17-7-5-4-6-16(17)20(2,3)19(23)25/h4-9,11-12,14H,10,13H2,1-3H3,(H,22,24)/t14-/m0/s1. The molecule has 0 saturated heterocycles. The van der Waals surface area contributed by atoms with Crippen LogP contribution in [0.4, 0.5) is 5.69 Å². The number of rotatable bonds is 5. The highest BCUT2D eigenvalue weighted by atomic mass is 16.2. The summed E-state index contributed by atoms with van der Waals surface area (Å²) in [5.41, 5.74) is 2.39. The van der Waals surface area contributed by atoms with Gasteiger partial charge in [-0.2, -0.15) is 0 Å². The molecule has 5 nitrogen and oxygen atoms in total. The number of pyridine rings is 1. The molecule has 1 aromatic carbocycles. The summed E-state index contributed by atoms with van der Waals surface area (Å²) < 4.78 is 0. The van der Waals surface area contributed by atoms with Crippen molar-refractivity contribution in [2.45, 2.75) is 38.6 Å². The number of amides is 2. The molecular formula is C20H23N3O2. The van der Waals surface area contributed by atoms with E-state index in [2.05, 4.69) is 10.3 Å². The van der Waals surface area contributed by atoms with Gasteiger partial charge in [0.25, 0.3) is 0 Å². The fourth-order valence-electron chi connectivity index (χ4n) is 3.28. The third kappa shape index (κ3) is 3.27. The van der Waals surface area contributed by atoms with Gasteiger partial charge in [-0.3, -0.25) is 14.6 Å². The molecule has 1 atom stereocenters. The lowest BCUT2D eigenvalue weighted by molar-refractivity contribution is -0.122. The number of carbonyl (C=O) groups is 2. The zero-order valence-corrected chi connectivity index (χ0v) is 14.8. The molecule has 0 radical (unpaired) electrons. The minimum atomic E-state index is -0.544.